The van der Waals surface area contributed by atoms with Crippen LogP contribution in [-0.2, 0) is 17.8 Å². The molecule has 0 spiro atoms. The van der Waals surface area contributed by atoms with Gasteiger partial charge in [0.05, 0.1) is 26.9 Å². The van der Waals surface area contributed by atoms with Crippen molar-refractivity contribution in [3.8, 4) is 17.2 Å². The predicted molar refractivity (Wildman–Crippen MR) is 116 cm³/mol. The van der Waals surface area contributed by atoms with E-state index < -0.39 is 0 Å². The second kappa shape index (κ2) is 10.7. The van der Waals surface area contributed by atoms with Crippen molar-refractivity contribution in [3.63, 3.8) is 0 Å². The number of hydrazone groups is 1. The first kappa shape index (κ1) is 20.9. The maximum Gasteiger partial charge on any atom is 0.244 e. The van der Waals surface area contributed by atoms with Gasteiger partial charge in [-0.1, -0.05) is 48.5 Å². The number of carbonyl (C=O) groups excluding carboxylic acids is 1. The minimum atomic E-state index is -0.227. The van der Waals surface area contributed by atoms with Gasteiger partial charge < -0.3 is 14.2 Å². The van der Waals surface area contributed by atoms with Gasteiger partial charge in [0.1, 0.15) is 12.4 Å². The quantitative estimate of drug-likeness (QED) is 0.433. The van der Waals surface area contributed by atoms with Crippen LogP contribution in [0.1, 0.15) is 16.7 Å². The second-order valence-electron chi connectivity index (χ2n) is 6.51. The average molecular weight is 404 g/mol. The molecule has 6 nitrogen and oxygen atoms in total. The van der Waals surface area contributed by atoms with E-state index >= 15 is 0 Å². The summed E-state index contributed by atoms with van der Waals surface area (Å²) in [5.41, 5.74) is 5.27. The third-order valence-corrected chi connectivity index (χ3v) is 4.32. The Bertz CT molecular complexity index is 1000. The number of methoxy groups -OCH3 is 2. The van der Waals surface area contributed by atoms with Crippen molar-refractivity contribution >= 4 is 12.1 Å². The zero-order chi connectivity index (χ0) is 21.2. The smallest absolute Gasteiger partial charge is 0.244 e. The number of nitrogens with zero attached hydrogens (tertiary/aromatic N) is 1. The van der Waals surface area contributed by atoms with Crippen LogP contribution < -0.4 is 19.6 Å². The second-order valence-corrected chi connectivity index (χ2v) is 6.51. The number of benzene rings is 3. The monoisotopic (exact) mass is 404 g/mol. The number of carbonyl (C=O) groups is 1. The first-order chi connectivity index (χ1) is 14.7. The molecule has 3 rings (SSSR count). The fourth-order valence-electron chi connectivity index (χ4n) is 2.82. The van der Waals surface area contributed by atoms with E-state index in [1.165, 1.54) is 0 Å². The zero-order valence-corrected chi connectivity index (χ0v) is 17.0. The normalized spacial score (nSPS) is 10.6. The summed E-state index contributed by atoms with van der Waals surface area (Å²) in [5, 5.41) is 4.04. The van der Waals surface area contributed by atoms with Crippen LogP contribution >= 0.6 is 0 Å². The minimum Gasteiger partial charge on any atom is -0.493 e. The molecule has 0 radical (unpaired) electrons. The van der Waals surface area contributed by atoms with E-state index in [2.05, 4.69) is 10.5 Å². The van der Waals surface area contributed by atoms with Crippen LogP contribution in [0.4, 0.5) is 0 Å². The molecule has 0 saturated heterocycles. The molecule has 154 valence electrons. The van der Waals surface area contributed by atoms with E-state index in [0.29, 0.717) is 18.1 Å². The number of hydrogen-bond acceptors (Lipinski definition) is 5. The third kappa shape index (κ3) is 6.10. The molecule has 0 bridgehead atoms. The summed E-state index contributed by atoms with van der Waals surface area (Å²) in [7, 11) is 3.13. The topological polar surface area (TPSA) is 69.2 Å². The van der Waals surface area contributed by atoms with Crippen molar-refractivity contribution in [1.29, 1.82) is 0 Å². The highest BCUT2D eigenvalue weighted by Crippen LogP contribution is 2.27. The Hall–Kier alpha value is -3.80. The summed E-state index contributed by atoms with van der Waals surface area (Å²) in [4.78, 5) is 12.2. The van der Waals surface area contributed by atoms with E-state index in [0.717, 1.165) is 22.4 Å². The van der Waals surface area contributed by atoms with Crippen molar-refractivity contribution in [2.45, 2.75) is 13.0 Å². The fourth-order valence-corrected chi connectivity index (χ4v) is 2.82. The van der Waals surface area contributed by atoms with Gasteiger partial charge in [0.25, 0.3) is 0 Å². The minimum absolute atomic E-state index is 0.178. The molecule has 0 aliphatic carbocycles. The van der Waals surface area contributed by atoms with Crippen molar-refractivity contribution in [2.24, 2.45) is 5.10 Å². The van der Waals surface area contributed by atoms with Gasteiger partial charge in [-0.25, -0.2) is 5.43 Å². The molecule has 1 N–H and O–H groups in total. The summed E-state index contributed by atoms with van der Waals surface area (Å²) < 4.78 is 16.3. The maximum atomic E-state index is 12.2. The van der Waals surface area contributed by atoms with E-state index in [1.807, 2.05) is 60.7 Å². The number of amides is 1. The van der Waals surface area contributed by atoms with Gasteiger partial charge in [-0.05, 0) is 41.0 Å². The van der Waals surface area contributed by atoms with Crippen LogP contribution in [0.25, 0.3) is 0 Å². The Kier molecular flexibility index (Phi) is 7.44. The molecule has 3 aromatic rings. The lowest BCUT2D eigenvalue weighted by Gasteiger charge is -2.09. The molecular weight excluding hydrogens is 380 g/mol. The zero-order valence-electron chi connectivity index (χ0n) is 17.0. The van der Waals surface area contributed by atoms with Crippen LogP contribution in [0.5, 0.6) is 17.2 Å². The Labute approximate surface area is 176 Å². The average Bonchev–Trinajstić information content (AvgIpc) is 2.78. The standard InChI is InChI=1S/C24H24N2O4/c1-28-22-12-11-19(14-23(22)29-2)15-24(27)26-25-16-20-9-6-10-21(13-20)30-17-18-7-4-3-5-8-18/h3-14,16H,15,17H2,1-2H3,(H,26,27)/b25-16+. The predicted octanol–water partition coefficient (Wildman–Crippen LogP) is 3.98. The lowest BCUT2D eigenvalue weighted by Crippen LogP contribution is -2.19. The summed E-state index contributed by atoms with van der Waals surface area (Å²) in [6.07, 6.45) is 1.76. The number of rotatable bonds is 9. The van der Waals surface area contributed by atoms with Gasteiger partial charge in [-0.3, -0.25) is 4.79 Å². The van der Waals surface area contributed by atoms with E-state index in [-0.39, 0.29) is 12.3 Å². The van der Waals surface area contributed by atoms with Gasteiger partial charge in [-0.2, -0.15) is 5.10 Å². The highest BCUT2D eigenvalue weighted by atomic mass is 16.5. The lowest BCUT2D eigenvalue weighted by atomic mass is 10.1. The Morgan fingerprint density at radius 2 is 1.70 bits per heavy atom. The maximum absolute atomic E-state index is 12.2. The Morgan fingerprint density at radius 3 is 2.47 bits per heavy atom. The molecule has 0 fully saturated rings. The van der Waals surface area contributed by atoms with Gasteiger partial charge >= 0.3 is 0 Å². The van der Waals surface area contributed by atoms with Gasteiger partial charge in [0, 0.05) is 0 Å². The lowest BCUT2D eigenvalue weighted by molar-refractivity contribution is -0.120. The molecule has 0 aliphatic rings. The van der Waals surface area contributed by atoms with E-state index in [1.54, 1.807) is 32.6 Å². The van der Waals surface area contributed by atoms with Gasteiger partial charge in [0.15, 0.2) is 11.5 Å². The number of nitrogens with one attached hydrogen (secondary N) is 1. The third-order valence-electron chi connectivity index (χ3n) is 4.32. The van der Waals surface area contributed by atoms with Crippen LogP contribution in [0.15, 0.2) is 77.9 Å². The SMILES string of the molecule is COc1ccc(CC(=O)N/N=C/c2cccc(OCc3ccccc3)c2)cc1OC. The van der Waals surface area contributed by atoms with Gasteiger partial charge in [-0.15, -0.1) is 0 Å². The highest BCUT2D eigenvalue weighted by Gasteiger charge is 2.08. The molecule has 0 aliphatic heterocycles. The van der Waals surface area contributed by atoms with Crippen molar-refractivity contribution in [1.82, 2.24) is 5.43 Å². The van der Waals surface area contributed by atoms with E-state index in [4.69, 9.17) is 14.2 Å². The van der Waals surface area contributed by atoms with Crippen LogP contribution in [0, 0.1) is 0 Å². The molecule has 0 atom stereocenters. The summed E-state index contributed by atoms with van der Waals surface area (Å²) in [5.74, 6) is 1.71. The largest absolute Gasteiger partial charge is 0.493 e. The molecule has 0 aromatic heterocycles. The van der Waals surface area contributed by atoms with Crippen molar-refractivity contribution < 1.29 is 19.0 Å². The Morgan fingerprint density at radius 1 is 0.900 bits per heavy atom. The van der Waals surface area contributed by atoms with Crippen LogP contribution in [-0.4, -0.2) is 26.3 Å². The molecule has 0 saturated carbocycles. The van der Waals surface area contributed by atoms with Crippen LogP contribution in [0.2, 0.25) is 0 Å². The van der Waals surface area contributed by atoms with Crippen molar-refractivity contribution in [2.75, 3.05) is 14.2 Å². The summed E-state index contributed by atoms with van der Waals surface area (Å²) in [6.45, 7) is 0.490. The molecule has 0 heterocycles. The molecule has 6 heteroatoms. The summed E-state index contributed by atoms with van der Waals surface area (Å²) >= 11 is 0. The number of ether oxygens (including phenoxy) is 3. The molecule has 0 unspecified atom stereocenters. The fraction of sp³-hybridized carbons (Fsp3) is 0.167. The molecular formula is C24H24N2O4. The highest BCUT2D eigenvalue weighted by molar-refractivity contribution is 5.83. The first-order valence-corrected chi connectivity index (χ1v) is 9.47. The Balaban J connectivity index is 1.53. The molecule has 1 amide bonds. The van der Waals surface area contributed by atoms with Gasteiger partial charge in [0.2, 0.25) is 5.91 Å². The van der Waals surface area contributed by atoms with E-state index in [9.17, 15) is 4.79 Å². The molecule has 3 aromatic carbocycles. The molecule has 30 heavy (non-hydrogen) atoms. The number of hydrogen-bond donors (Lipinski definition) is 1. The first-order valence-electron chi connectivity index (χ1n) is 9.47. The summed E-state index contributed by atoms with van der Waals surface area (Å²) in [6, 6.07) is 22.8. The van der Waals surface area contributed by atoms with Crippen molar-refractivity contribution in [3.05, 3.63) is 89.5 Å². The van der Waals surface area contributed by atoms with Crippen LogP contribution in [0.3, 0.4) is 0 Å².